The number of carbonyl (C=O) groups is 2. The van der Waals surface area contributed by atoms with E-state index in [2.05, 4.69) is 30.6 Å². The zero-order valence-corrected chi connectivity index (χ0v) is 14.3. The van der Waals surface area contributed by atoms with Crippen LogP contribution in [0.1, 0.15) is 46.0 Å². The summed E-state index contributed by atoms with van der Waals surface area (Å²) in [5.41, 5.74) is 1.32. The Hall–Kier alpha value is -1.36. The highest BCUT2D eigenvalue weighted by atomic mass is 16.6. The summed E-state index contributed by atoms with van der Waals surface area (Å²) in [6.45, 7) is 10.7. The average molecular weight is 320 g/mol. The van der Waals surface area contributed by atoms with Crippen molar-refractivity contribution in [3.8, 4) is 0 Å². The van der Waals surface area contributed by atoms with Gasteiger partial charge in [0.1, 0.15) is 6.10 Å². The van der Waals surface area contributed by atoms with Crippen molar-refractivity contribution in [2.45, 2.75) is 52.1 Å². The molecule has 0 aromatic carbocycles. The minimum Gasteiger partial charge on any atom is -0.441 e. The monoisotopic (exact) mass is 320 g/mol. The summed E-state index contributed by atoms with van der Waals surface area (Å²) < 4.78 is 5.46. The van der Waals surface area contributed by atoms with Crippen LogP contribution < -0.4 is 5.32 Å². The second-order valence-corrected chi connectivity index (χ2v) is 7.91. The van der Waals surface area contributed by atoms with Crippen molar-refractivity contribution in [3.05, 3.63) is 12.2 Å². The first kappa shape index (κ1) is 16.5. The van der Waals surface area contributed by atoms with E-state index in [1.807, 2.05) is 0 Å². The van der Waals surface area contributed by atoms with E-state index in [-0.39, 0.29) is 18.6 Å². The maximum Gasteiger partial charge on any atom is 0.414 e. The molecule has 5 nitrogen and oxygen atoms in total. The number of hydrogen-bond acceptors (Lipinski definition) is 4. The fourth-order valence-electron chi connectivity index (χ4n) is 4.31. The molecule has 1 aliphatic heterocycles. The maximum absolute atomic E-state index is 12.0. The first-order chi connectivity index (χ1) is 10.9. The lowest BCUT2D eigenvalue weighted by molar-refractivity contribution is -0.121. The van der Waals surface area contributed by atoms with Crippen molar-refractivity contribution in [2.24, 2.45) is 17.3 Å². The number of hydrogen-bond donors (Lipinski definition) is 1. The van der Waals surface area contributed by atoms with Crippen LogP contribution in [-0.4, -0.2) is 42.6 Å². The van der Waals surface area contributed by atoms with Gasteiger partial charge in [-0.2, -0.15) is 0 Å². The summed E-state index contributed by atoms with van der Waals surface area (Å²) in [6.07, 6.45) is 4.36. The number of amides is 2. The largest absolute Gasteiger partial charge is 0.441 e. The molecule has 0 bridgehead atoms. The van der Waals surface area contributed by atoms with Crippen LogP contribution in [0.25, 0.3) is 0 Å². The number of ether oxygens (including phenoxy) is 1. The van der Waals surface area contributed by atoms with E-state index in [0.717, 1.165) is 44.3 Å². The number of imide groups is 1. The Morgan fingerprint density at radius 1 is 1.26 bits per heavy atom. The molecule has 1 heterocycles. The summed E-state index contributed by atoms with van der Waals surface area (Å²) in [4.78, 5) is 26.0. The van der Waals surface area contributed by atoms with Gasteiger partial charge in [0.15, 0.2) is 0 Å². The summed E-state index contributed by atoms with van der Waals surface area (Å²) in [5, 5.41) is 2.36. The number of rotatable bonds is 3. The lowest BCUT2D eigenvalue weighted by atomic mass is 9.93. The van der Waals surface area contributed by atoms with Gasteiger partial charge in [0.25, 0.3) is 0 Å². The highest BCUT2D eigenvalue weighted by molar-refractivity contribution is 5.92. The Bertz CT molecular complexity index is 508. The molecule has 0 radical (unpaired) electrons. The molecule has 3 rings (SSSR count). The van der Waals surface area contributed by atoms with Gasteiger partial charge in [-0.3, -0.25) is 15.0 Å². The molecule has 0 spiro atoms. The molecule has 2 aliphatic carbocycles. The number of nitrogens with zero attached hydrogens (tertiary/aromatic N) is 1. The lowest BCUT2D eigenvalue weighted by Gasteiger charge is -2.26. The van der Waals surface area contributed by atoms with Gasteiger partial charge in [0.05, 0.1) is 6.54 Å². The van der Waals surface area contributed by atoms with Crippen LogP contribution in [0.4, 0.5) is 4.79 Å². The third-order valence-electron chi connectivity index (χ3n) is 6.00. The van der Waals surface area contributed by atoms with Crippen LogP contribution in [0.2, 0.25) is 0 Å². The molecule has 2 saturated carbocycles. The van der Waals surface area contributed by atoms with Crippen LogP contribution >= 0.6 is 0 Å². The van der Waals surface area contributed by atoms with E-state index in [4.69, 9.17) is 4.74 Å². The van der Waals surface area contributed by atoms with Gasteiger partial charge in [-0.05, 0) is 61.6 Å². The predicted molar refractivity (Wildman–Crippen MR) is 87.8 cm³/mol. The average Bonchev–Trinajstić information content (AvgIpc) is 3.00. The quantitative estimate of drug-likeness (QED) is 0.812. The number of piperidine rings is 1. The minimum atomic E-state index is -0.630. The molecule has 23 heavy (non-hydrogen) atoms. The summed E-state index contributed by atoms with van der Waals surface area (Å²) >= 11 is 0. The molecule has 128 valence electrons. The molecular formula is C18H28N2O3. The van der Waals surface area contributed by atoms with E-state index in [1.165, 1.54) is 6.42 Å². The first-order valence-electron chi connectivity index (χ1n) is 8.78. The van der Waals surface area contributed by atoms with Crippen LogP contribution in [0.15, 0.2) is 12.2 Å². The standard InChI is InChI=1S/C18H28N2O3/c1-12-9-13-14(18(13,2)3)10-15(12)23-17(22)19-16(21)11-20-7-5-4-6-8-20/h13-15H,1,4-11H2,2-3H3,(H,19,21,22)/t13-,14+,15-/m1/s1. The molecule has 0 unspecified atom stereocenters. The Balaban J connectivity index is 1.44. The zero-order valence-electron chi connectivity index (χ0n) is 14.3. The molecule has 5 heteroatoms. The second-order valence-electron chi connectivity index (χ2n) is 7.91. The third-order valence-corrected chi connectivity index (χ3v) is 6.00. The number of likely N-dealkylation sites (tertiary alicyclic amines) is 1. The molecule has 1 N–H and O–H groups in total. The van der Waals surface area contributed by atoms with Gasteiger partial charge in [-0.25, -0.2) is 4.79 Å². The summed E-state index contributed by atoms with van der Waals surface area (Å²) in [7, 11) is 0. The van der Waals surface area contributed by atoms with Gasteiger partial charge < -0.3 is 4.74 Å². The van der Waals surface area contributed by atoms with E-state index < -0.39 is 6.09 Å². The molecule has 2 amide bonds. The van der Waals surface area contributed by atoms with Gasteiger partial charge >= 0.3 is 6.09 Å². The molecule has 0 aromatic rings. The SMILES string of the molecule is C=C1C[C@@H]2[C@H](C[C@H]1OC(=O)NC(=O)CN1CCCCC1)C2(C)C. The summed E-state index contributed by atoms with van der Waals surface area (Å²) in [6, 6.07) is 0. The molecular weight excluding hydrogens is 292 g/mol. The Labute approximate surface area is 138 Å². The van der Waals surface area contributed by atoms with Gasteiger partial charge in [-0.1, -0.05) is 26.8 Å². The minimum absolute atomic E-state index is 0.249. The number of fused-ring (bicyclic) bond motifs is 1. The van der Waals surface area contributed by atoms with Crippen LogP contribution in [0.3, 0.4) is 0 Å². The van der Waals surface area contributed by atoms with Crippen LogP contribution in [0, 0.1) is 17.3 Å². The zero-order chi connectivity index (χ0) is 16.6. The normalized spacial score (nSPS) is 32.8. The van der Waals surface area contributed by atoms with Crippen molar-refractivity contribution in [1.29, 1.82) is 0 Å². The topological polar surface area (TPSA) is 58.6 Å². The first-order valence-corrected chi connectivity index (χ1v) is 8.78. The molecule has 0 aromatic heterocycles. The van der Waals surface area contributed by atoms with Crippen molar-refractivity contribution < 1.29 is 14.3 Å². The molecule has 3 atom stereocenters. The lowest BCUT2D eigenvalue weighted by Crippen LogP contribution is -2.43. The van der Waals surface area contributed by atoms with Crippen molar-refractivity contribution in [3.63, 3.8) is 0 Å². The molecule has 3 aliphatic rings. The highest BCUT2D eigenvalue weighted by Crippen LogP contribution is 2.65. The van der Waals surface area contributed by atoms with Gasteiger partial charge in [0.2, 0.25) is 5.91 Å². The fourth-order valence-corrected chi connectivity index (χ4v) is 4.31. The third kappa shape index (κ3) is 3.60. The van der Waals surface area contributed by atoms with Gasteiger partial charge in [-0.15, -0.1) is 0 Å². The second kappa shape index (κ2) is 6.27. The van der Waals surface area contributed by atoms with Crippen LogP contribution in [-0.2, 0) is 9.53 Å². The van der Waals surface area contributed by atoms with E-state index in [1.54, 1.807) is 0 Å². The predicted octanol–water partition coefficient (Wildman–Crippen LogP) is 2.72. The maximum atomic E-state index is 12.0. The number of carbonyl (C=O) groups excluding carboxylic acids is 2. The van der Waals surface area contributed by atoms with Crippen molar-refractivity contribution in [2.75, 3.05) is 19.6 Å². The van der Waals surface area contributed by atoms with E-state index >= 15 is 0 Å². The number of nitrogens with one attached hydrogen (secondary N) is 1. The van der Waals surface area contributed by atoms with E-state index in [0.29, 0.717) is 17.3 Å². The Morgan fingerprint density at radius 3 is 2.65 bits per heavy atom. The Morgan fingerprint density at radius 2 is 1.96 bits per heavy atom. The van der Waals surface area contributed by atoms with Gasteiger partial charge in [0, 0.05) is 0 Å². The highest BCUT2D eigenvalue weighted by Gasteiger charge is 2.60. The Kier molecular flexibility index (Phi) is 4.50. The fraction of sp³-hybridized carbons (Fsp3) is 0.778. The number of alkyl carbamates (subject to hydrolysis) is 1. The molecule has 3 fully saturated rings. The van der Waals surface area contributed by atoms with E-state index in [9.17, 15) is 9.59 Å². The van der Waals surface area contributed by atoms with Crippen LogP contribution in [0.5, 0.6) is 0 Å². The summed E-state index contributed by atoms with van der Waals surface area (Å²) in [5.74, 6) is 1.01. The van der Waals surface area contributed by atoms with Crippen molar-refractivity contribution >= 4 is 12.0 Å². The smallest absolute Gasteiger partial charge is 0.414 e. The molecule has 1 saturated heterocycles. The van der Waals surface area contributed by atoms with Crippen molar-refractivity contribution in [1.82, 2.24) is 10.2 Å².